The maximum absolute atomic E-state index is 13.2. The molecule has 0 bridgehead atoms. The van der Waals surface area contributed by atoms with Crippen molar-refractivity contribution < 1.29 is 57.3 Å². The van der Waals surface area contributed by atoms with Crippen LogP contribution in [-0.4, -0.2) is 117 Å². The van der Waals surface area contributed by atoms with Crippen LogP contribution in [0.3, 0.4) is 0 Å². The Labute approximate surface area is 285 Å². The molecule has 2 aromatic rings. The molecule has 0 fully saturated rings. The minimum absolute atomic E-state index is 0.140. The van der Waals surface area contributed by atoms with Crippen LogP contribution in [0.5, 0.6) is 23.0 Å². The monoisotopic (exact) mass is 684 g/mol. The summed E-state index contributed by atoms with van der Waals surface area (Å²) in [6.07, 6.45) is 4.86. The van der Waals surface area contributed by atoms with Crippen molar-refractivity contribution in [1.29, 1.82) is 0 Å². The number of hydrogen-bond acceptors (Lipinski definition) is 13. The zero-order valence-corrected chi connectivity index (χ0v) is 27.4. The van der Waals surface area contributed by atoms with Crippen LogP contribution in [0.2, 0.25) is 0 Å². The number of amides is 1. The van der Waals surface area contributed by atoms with Crippen LogP contribution in [0.25, 0.3) is 0 Å². The fourth-order valence-corrected chi connectivity index (χ4v) is 4.71. The Bertz CT molecular complexity index is 1440. The van der Waals surface area contributed by atoms with Crippen molar-refractivity contribution in [1.82, 2.24) is 0 Å². The van der Waals surface area contributed by atoms with Gasteiger partial charge in [0.2, 0.25) is 0 Å². The number of carbonyl (C=O) groups is 1. The largest absolute Gasteiger partial charge is 0.494 e. The lowest BCUT2D eigenvalue weighted by Gasteiger charge is -2.15. The molecule has 2 heterocycles. The Morgan fingerprint density at radius 3 is 1.33 bits per heavy atom. The Morgan fingerprint density at radius 2 is 0.878 bits per heavy atom. The molecule has 14 nitrogen and oxygen atoms in total. The van der Waals surface area contributed by atoms with E-state index in [4.69, 9.17) is 47.4 Å². The molecule has 2 aliphatic heterocycles. The number of fused-ring (bicyclic) bond motifs is 2. The standard InChI is InChI=1S/C35H44N2O12/c38-34(36-28-3-5-30-32(24-28)48-21-17-44-13-9-40-7-11-42-15-19-46-30)26-1-2-27(23-26)35(39)37-29-4-6-31-33(25-29)49-22-18-45-14-10-41-8-12-43-16-20-47-31/h1-6,23-25,36,38H,7-22H2,(H,37,39)/b34-26-. The molecule has 3 aliphatic rings. The lowest BCUT2D eigenvalue weighted by Crippen LogP contribution is -2.14. The Morgan fingerprint density at radius 1 is 0.490 bits per heavy atom. The van der Waals surface area contributed by atoms with Crippen molar-refractivity contribution in [2.24, 2.45) is 0 Å². The normalized spacial score (nSPS) is 20.0. The first kappa shape index (κ1) is 36.0. The average Bonchev–Trinajstić information content (AvgIpc) is 3.60. The number of aliphatic hydroxyl groups is 1. The van der Waals surface area contributed by atoms with Gasteiger partial charge >= 0.3 is 0 Å². The second-order valence-electron chi connectivity index (χ2n) is 10.7. The van der Waals surface area contributed by atoms with E-state index in [0.29, 0.717) is 151 Å². The molecule has 5 rings (SSSR count). The van der Waals surface area contributed by atoms with Gasteiger partial charge in [0.1, 0.15) is 26.4 Å². The minimum Gasteiger partial charge on any atom is -0.494 e. The van der Waals surface area contributed by atoms with Crippen LogP contribution < -0.4 is 29.6 Å². The summed E-state index contributed by atoms with van der Waals surface area (Å²) in [5.41, 5.74) is 1.85. The quantitative estimate of drug-likeness (QED) is 0.402. The van der Waals surface area contributed by atoms with E-state index in [1.807, 2.05) is 0 Å². The number of nitrogens with one attached hydrogen (secondary N) is 2. The second kappa shape index (κ2) is 20.3. The highest BCUT2D eigenvalue weighted by molar-refractivity contribution is 6.07. The summed E-state index contributed by atoms with van der Waals surface area (Å²) in [4.78, 5) is 13.2. The summed E-state index contributed by atoms with van der Waals surface area (Å²) in [7, 11) is 0. The number of anilines is 2. The predicted octanol–water partition coefficient (Wildman–Crippen LogP) is 3.65. The van der Waals surface area contributed by atoms with Gasteiger partial charge in [0.25, 0.3) is 5.91 Å². The van der Waals surface area contributed by atoms with Crippen LogP contribution >= 0.6 is 0 Å². The predicted molar refractivity (Wildman–Crippen MR) is 179 cm³/mol. The van der Waals surface area contributed by atoms with E-state index in [1.165, 1.54) is 0 Å². The van der Waals surface area contributed by atoms with Crippen molar-refractivity contribution in [2.75, 3.05) is 116 Å². The molecule has 0 atom stereocenters. The summed E-state index contributed by atoms with van der Waals surface area (Å²) >= 11 is 0. The van der Waals surface area contributed by atoms with Gasteiger partial charge in [0.15, 0.2) is 28.9 Å². The molecule has 0 aromatic heterocycles. The first-order valence-corrected chi connectivity index (χ1v) is 16.3. The lowest BCUT2D eigenvalue weighted by atomic mass is 10.2. The fourth-order valence-electron chi connectivity index (χ4n) is 4.71. The van der Waals surface area contributed by atoms with Crippen molar-refractivity contribution in [3.63, 3.8) is 0 Å². The molecular formula is C35H44N2O12. The van der Waals surface area contributed by atoms with Crippen LogP contribution in [-0.2, 0) is 33.2 Å². The zero-order chi connectivity index (χ0) is 33.9. The molecule has 14 heteroatoms. The van der Waals surface area contributed by atoms with Gasteiger partial charge in [-0.3, -0.25) is 4.79 Å². The highest BCUT2D eigenvalue weighted by atomic mass is 16.6. The van der Waals surface area contributed by atoms with E-state index < -0.39 is 0 Å². The zero-order valence-electron chi connectivity index (χ0n) is 27.4. The van der Waals surface area contributed by atoms with Gasteiger partial charge in [-0.2, -0.15) is 0 Å². The topological polar surface area (TPSA) is 154 Å². The molecule has 3 N–H and O–H groups in total. The molecule has 0 saturated heterocycles. The number of carbonyl (C=O) groups excluding carboxylic acids is 1. The molecule has 0 spiro atoms. The summed E-state index contributed by atoms with van der Waals surface area (Å²) in [5, 5.41) is 16.8. The lowest BCUT2D eigenvalue weighted by molar-refractivity contribution is -0.112. The third-order valence-electron chi connectivity index (χ3n) is 7.13. The van der Waals surface area contributed by atoms with Crippen LogP contribution in [0.4, 0.5) is 11.4 Å². The van der Waals surface area contributed by atoms with Crippen LogP contribution in [0.1, 0.15) is 0 Å². The van der Waals surface area contributed by atoms with Gasteiger partial charge in [0.05, 0.1) is 79.3 Å². The van der Waals surface area contributed by atoms with Gasteiger partial charge in [-0.25, -0.2) is 0 Å². The van der Waals surface area contributed by atoms with Crippen molar-refractivity contribution in [3.05, 3.63) is 71.7 Å². The first-order valence-electron chi connectivity index (χ1n) is 16.3. The number of hydrogen-bond donors (Lipinski definition) is 3. The van der Waals surface area contributed by atoms with E-state index in [9.17, 15) is 9.90 Å². The van der Waals surface area contributed by atoms with Gasteiger partial charge in [0, 0.05) is 34.7 Å². The van der Waals surface area contributed by atoms with Gasteiger partial charge in [-0.15, -0.1) is 0 Å². The van der Waals surface area contributed by atoms with Gasteiger partial charge in [-0.1, -0.05) is 0 Å². The summed E-state index contributed by atoms with van der Waals surface area (Å²) < 4.78 is 56.6. The maximum atomic E-state index is 13.2. The summed E-state index contributed by atoms with van der Waals surface area (Å²) in [6.45, 7) is 6.57. The van der Waals surface area contributed by atoms with Crippen LogP contribution in [0.15, 0.2) is 71.7 Å². The molecule has 2 aromatic carbocycles. The van der Waals surface area contributed by atoms with E-state index in [1.54, 1.807) is 54.6 Å². The Kier molecular flexibility index (Phi) is 14.9. The van der Waals surface area contributed by atoms with E-state index in [2.05, 4.69) is 10.6 Å². The molecule has 1 aliphatic carbocycles. The highest BCUT2D eigenvalue weighted by Crippen LogP contribution is 2.33. The van der Waals surface area contributed by atoms with Crippen LogP contribution in [0, 0.1) is 0 Å². The minimum atomic E-state index is -0.362. The molecule has 1 amide bonds. The first-order chi connectivity index (χ1) is 24.2. The number of ether oxygens (including phenoxy) is 10. The molecule has 49 heavy (non-hydrogen) atoms. The molecular weight excluding hydrogens is 640 g/mol. The van der Waals surface area contributed by atoms with Gasteiger partial charge < -0.3 is 63.1 Å². The van der Waals surface area contributed by atoms with Crippen molar-refractivity contribution in [3.8, 4) is 23.0 Å². The second-order valence-corrected chi connectivity index (χ2v) is 10.7. The number of benzene rings is 2. The van der Waals surface area contributed by atoms with E-state index in [0.717, 1.165) is 0 Å². The summed E-state index contributed by atoms with van der Waals surface area (Å²) in [6, 6.07) is 10.4. The average molecular weight is 685 g/mol. The fraction of sp³-hybridized carbons (Fsp3) is 0.457. The third kappa shape index (κ3) is 12.3. The van der Waals surface area contributed by atoms with Crippen molar-refractivity contribution >= 4 is 17.3 Å². The smallest absolute Gasteiger partial charge is 0.255 e. The number of rotatable bonds is 4. The third-order valence-corrected chi connectivity index (χ3v) is 7.13. The Balaban J connectivity index is 1.20. The number of aliphatic hydroxyl groups excluding tert-OH is 1. The van der Waals surface area contributed by atoms with Gasteiger partial charge in [-0.05, 0) is 42.5 Å². The SMILES string of the molecule is O=C(Nc1ccc2c(c1)OCCOCCOCCOCCO2)C1=C/C(=C(\O)Nc2ccc3c(c2)OCCOCCOCCOCCO3)C=C1. The molecule has 0 radical (unpaired) electrons. The highest BCUT2D eigenvalue weighted by Gasteiger charge is 2.17. The number of allylic oxidation sites excluding steroid dienone is 3. The Hall–Kier alpha value is -4.31. The maximum Gasteiger partial charge on any atom is 0.255 e. The molecule has 0 saturated carbocycles. The van der Waals surface area contributed by atoms with Crippen molar-refractivity contribution in [2.45, 2.75) is 0 Å². The van der Waals surface area contributed by atoms with E-state index in [-0.39, 0.29) is 11.8 Å². The molecule has 266 valence electrons. The molecule has 0 unspecified atom stereocenters. The van der Waals surface area contributed by atoms with E-state index >= 15 is 0 Å². The summed E-state index contributed by atoms with van der Waals surface area (Å²) in [5.74, 6) is 1.50.